The van der Waals surface area contributed by atoms with Gasteiger partial charge in [-0.25, -0.2) is 0 Å². The van der Waals surface area contributed by atoms with Crippen LogP contribution in [0.3, 0.4) is 0 Å². The Bertz CT molecular complexity index is 370. The second-order valence-corrected chi connectivity index (χ2v) is 4.55. The predicted molar refractivity (Wildman–Crippen MR) is 72.1 cm³/mol. The number of nitrogens with zero attached hydrogens (tertiary/aromatic N) is 3. The second-order valence-electron chi connectivity index (χ2n) is 4.55. The zero-order valence-corrected chi connectivity index (χ0v) is 11.2. The molecule has 0 aliphatic carbocycles. The molecule has 2 heterocycles. The number of aromatic nitrogens is 2. The van der Waals surface area contributed by atoms with Crippen molar-refractivity contribution in [2.24, 2.45) is 0 Å². The molecule has 5 nitrogen and oxygen atoms in total. The molecule has 18 heavy (non-hydrogen) atoms. The minimum absolute atomic E-state index is 0.509. The molecule has 5 heteroatoms. The standard InChI is InChI=1S/C13H22N4O/c1-3-18-13-10-15-9-12(16-13)17-7-5-4-6-11(17)8-14-2/h9-11,14H,3-8H2,1-2H3. The first-order valence-electron chi connectivity index (χ1n) is 6.71. The predicted octanol–water partition coefficient (Wildman–Crippen LogP) is 1.45. The van der Waals surface area contributed by atoms with Crippen molar-refractivity contribution < 1.29 is 4.74 Å². The van der Waals surface area contributed by atoms with E-state index in [-0.39, 0.29) is 0 Å². The van der Waals surface area contributed by atoms with Gasteiger partial charge in [0.15, 0.2) is 5.82 Å². The molecular weight excluding hydrogens is 228 g/mol. The number of ether oxygens (including phenoxy) is 1. The molecule has 0 spiro atoms. The molecule has 100 valence electrons. The van der Waals surface area contributed by atoms with E-state index in [9.17, 15) is 0 Å². The molecule has 1 aliphatic heterocycles. The van der Waals surface area contributed by atoms with Crippen LogP contribution >= 0.6 is 0 Å². The third-order valence-electron chi connectivity index (χ3n) is 3.25. The van der Waals surface area contributed by atoms with Crippen LogP contribution in [0.5, 0.6) is 5.88 Å². The number of hydrogen-bond acceptors (Lipinski definition) is 5. The smallest absolute Gasteiger partial charge is 0.234 e. The van der Waals surface area contributed by atoms with E-state index in [1.165, 1.54) is 19.3 Å². The van der Waals surface area contributed by atoms with Gasteiger partial charge < -0.3 is 15.0 Å². The molecule has 0 aromatic carbocycles. The van der Waals surface area contributed by atoms with Crippen LogP contribution in [0.1, 0.15) is 26.2 Å². The molecule has 1 N–H and O–H groups in total. The Kier molecular flexibility index (Phi) is 4.75. The van der Waals surface area contributed by atoms with Crippen LogP contribution in [0.2, 0.25) is 0 Å². The van der Waals surface area contributed by atoms with Gasteiger partial charge in [0.25, 0.3) is 0 Å². The number of hydrogen-bond donors (Lipinski definition) is 1. The summed E-state index contributed by atoms with van der Waals surface area (Å²) in [6.45, 7) is 4.62. The molecule has 1 fully saturated rings. The lowest BCUT2D eigenvalue weighted by Gasteiger charge is -2.36. The summed E-state index contributed by atoms with van der Waals surface area (Å²) in [7, 11) is 2.00. The van der Waals surface area contributed by atoms with Crippen molar-refractivity contribution >= 4 is 5.82 Å². The topological polar surface area (TPSA) is 50.3 Å². The molecule has 1 unspecified atom stereocenters. The maximum Gasteiger partial charge on any atom is 0.234 e. The van der Waals surface area contributed by atoms with Crippen LogP contribution in [0.25, 0.3) is 0 Å². The third-order valence-corrected chi connectivity index (χ3v) is 3.25. The second kappa shape index (κ2) is 6.54. The fourth-order valence-electron chi connectivity index (χ4n) is 2.44. The van der Waals surface area contributed by atoms with Crippen LogP contribution in [-0.4, -0.2) is 42.8 Å². The average molecular weight is 250 g/mol. The quantitative estimate of drug-likeness (QED) is 0.857. The monoisotopic (exact) mass is 250 g/mol. The molecule has 1 saturated heterocycles. The van der Waals surface area contributed by atoms with Crippen molar-refractivity contribution in [1.82, 2.24) is 15.3 Å². The van der Waals surface area contributed by atoms with E-state index in [0.717, 1.165) is 18.9 Å². The normalized spacial score (nSPS) is 19.9. The van der Waals surface area contributed by atoms with Crippen molar-refractivity contribution in [3.8, 4) is 5.88 Å². The average Bonchev–Trinajstić information content (AvgIpc) is 2.40. The fraction of sp³-hybridized carbons (Fsp3) is 0.692. The van der Waals surface area contributed by atoms with E-state index in [1.54, 1.807) is 6.20 Å². The SMILES string of the molecule is CCOc1cncc(N2CCCCC2CNC)n1. The lowest BCUT2D eigenvalue weighted by Crippen LogP contribution is -2.45. The van der Waals surface area contributed by atoms with Crippen LogP contribution in [0.15, 0.2) is 12.4 Å². The van der Waals surface area contributed by atoms with Gasteiger partial charge in [-0.05, 0) is 33.2 Å². The minimum atomic E-state index is 0.509. The van der Waals surface area contributed by atoms with Gasteiger partial charge in [-0.2, -0.15) is 4.98 Å². The van der Waals surface area contributed by atoms with Crippen molar-refractivity contribution in [1.29, 1.82) is 0 Å². The molecule has 1 aromatic heterocycles. The highest BCUT2D eigenvalue weighted by atomic mass is 16.5. The fourth-order valence-corrected chi connectivity index (χ4v) is 2.44. The Hall–Kier alpha value is -1.36. The van der Waals surface area contributed by atoms with Crippen LogP contribution in [-0.2, 0) is 0 Å². The van der Waals surface area contributed by atoms with E-state index >= 15 is 0 Å². The number of rotatable bonds is 5. The summed E-state index contributed by atoms with van der Waals surface area (Å²) in [6, 6.07) is 0.509. The summed E-state index contributed by atoms with van der Waals surface area (Å²) in [6.07, 6.45) is 7.23. The highest BCUT2D eigenvalue weighted by molar-refractivity contribution is 5.39. The molecule has 1 aromatic rings. The summed E-state index contributed by atoms with van der Waals surface area (Å²) in [4.78, 5) is 11.1. The molecular formula is C13H22N4O. The summed E-state index contributed by atoms with van der Waals surface area (Å²) < 4.78 is 5.42. The molecule has 0 saturated carbocycles. The largest absolute Gasteiger partial charge is 0.477 e. The molecule has 1 aliphatic rings. The van der Waals surface area contributed by atoms with Crippen molar-refractivity contribution in [2.75, 3.05) is 31.6 Å². The van der Waals surface area contributed by atoms with E-state index < -0.39 is 0 Å². The Morgan fingerprint density at radius 3 is 3.11 bits per heavy atom. The number of anilines is 1. The molecule has 0 amide bonds. The first kappa shape index (κ1) is 13.1. The van der Waals surface area contributed by atoms with Crippen LogP contribution in [0, 0.1) is 0 Å². The molecule has 2 rings (SSSR count). The van der Waals surface area contributed by atoms with E-state index in [1.807, 2.05) is 20.2 Å². The Labute approximate surface area is 109 Å². The van der Waals surface area contributed by atoms with E-state index in [2.05, 4.69) is 20.2 Å². The lowest BCUT2D eigenvalue weighted by molar-refractivity contribution is 0.324. The third kappa shape index (κ3) is 3.10. The Morgan fingerprint density at radius 1 is 1.44 bits per heavy atom. The van der Waals surface area contributed by atoms with Gasteiger partial charge >= 0.3 is 0 Å². The number of likely N-dealkylation sites (N-methyl/N-ethyl adjacent to an activating group) is 1. The summed E-state index contributed by atoms with van der Waals surface area (Å²) >= 11 is 0. The summed E-state index contributed by atoms with van der Waals surface area (Å²) in [5.41, 5.74) is 0. The zero-order valence-electron chi connectivity index (χ0n) is 11.2. The molecule has 0 radical (unpaired) electrons. The lowest BCUT2D eigenvalue weighted by atomic mass is 10.0. The van der Waals surface area contributed by atoms with Gasteiger partial charge in [-0.15, -0.1) is 0 Å². The van der Waals surface area contributed by atoms with Gasteiger partial charge in [-0.1, -0.05) is 0 Å². The highest BCUT2D eigenvalue weighted by Gasteiger charge is 2.23. The van der Waals surface area contributed by atoms with Gasteiger partial charge in [-0.3, -0.25) is 4.98 Å². The first-order chi connectivity index (χ1) is 8.85. The summed E-state index contributed by atoms with van der Waals surface area (Å²) in [5.74, 6) is 1.55. The van der Waals surface area contributed by atoms with Gasteiger partial charge in [0.05, 0.1) is 19.0 Å². The minimum Gasteiger partial charge on any atom is -0.477 e. The van der Waals surface area contributed by atoms with E-state index in [0.29, 0.717) is 18.5 Å². The van der Waals surface area contributed by atoms with Crippen molar-refractivity contribution in [3.63, 3.8) is 0 Å². The van der Waals surface area contributed by atoms with Crippen LogP contribution in [0.4, 0.5) is 5.82 Å². The van der Waals surface area contributed by atoms with Gasteiger partial charge in [0.1, 0.15) is 0 Å². The maximum atomic E-state index is 5.42. The number of piperidine rings is 1. The van der Waals surface area contributed by atoms with Gasteiger partial charge in [0.2, 0.25) is 5.88 Å². The highest BCUT2D eigenvalue weighted by Crippen LogP contribution is 2.23. The summed E-state index contributed by atoms with van der Waals surface area (Å²) in [5, 5.41) is 3.26. The van der Waals surface area contributed by atoms with Crippen LogP contribution < -0.4 is 15.0 Å². The van der Waals surface area contributed by atoms with E-state index in [4.69, 9.17) is 4.74 Å². The number of nitrogens with one attached hydrogen (secondary N) is 1. The van der Waals surface area contributed by atoms with Gasteiger partial charge in [0, 0.05) is 19.1 Å². The zero-order chi connectivity index (χ0) is 12.8. The Morgan fingerprint density at radius 2 is 2.33 bits per heavy atom. The molecule has 1 atom stereocenters. The van der Waals surface area contributed by atoms with Crippen molar-refractivity contribution in [2.45, 2.75) is 32.2 Å². The van der Waals surface area contributed by atoms with Crippen molar-refractivity contribution in [3.05, 3.63) is 12.4 Å². The Balaban J connectivity index is 2.14. The molecule has 0 bridgehead atoms. The maximum absolute atomic E-state index is 5.42. The first-order valence-corrected chi connectivity index (χ1v) is 6.71.